The van der Waals surface area contributed by atoms with Gasteiger partial charge >= 0.3 is 0 Å². The molecule has 0 aromatic rings. The van der Waals surface area contributed by atoms with Crippen LogP contribution in [0.5, 0.6) is 0 Å². The molecule has 0 unspecified atom stereocenters. The highest BCUT2D eigenvalue weighted by Gasteiger charge is 2.17. The second-order valence-electron chi connectivity index (χ2n) is 3.93. The standard InChI is InChI=1S/C10H20F2N2O/c1-14(6-7-15-8-10(11)12)9-2-4-13-5-3-9/h9-10,13H,2-8H2,1H3. The molecule has 0 aliphatic carbocycles. The maximum absolute atomic E-state index is 11.8. The van der Waals surface area contributed by atoms with Crippen molar-refractivity contribution in [1.29, 1.82) is 0 Å². The van der Waals surface area contributed by atoms with Crippen LogP contribution in [0.4, 0.5) is 8.78 Å². The molecule has 90 valence electrons. The van der Waals surface area contributed by atoms with Crippen LogP contribution in [-0.4, -0.2) is 57.3 Å². The molecule has 1 aliphatic rings. The number of hydrogen-bond donors (Lipinski definition) is 1. The Kier molecular flexibility index (Phi) is 6.05. The van der Waals surface area contributed by atoms with E-state index >= 15 is 0 Å². The van der Waals surface area contributed by atoms with Gasteiger partial charge in [-0.05, 0) is 33.0 Å². The molecule has 0 radical (unpaired) electrons. The molecule has 1 saturated heterocycles. The molecule has 0 spiro atoms. The van der Waals surface area contributed by atoms with Gasteiger partial charge in [0.05, 0.1) is 6.61 Å². The van der Waals surface area contributed by atoms with Crippen LogP contribution < -0.4 is 5.32 Å². The van der Waals surface area contributed by atoms with Crippen molar-refractivity contribution in [3.8, 4) is 0 Å². The van der Waals surface area contributed by atoms with E-state index in [9.17, 15) is 8.78 Å². The fraction of sp³-hybridized carbons (Fsp3) is 1.00. The van der Waals surface area contributed by atoms with Crippen molar-refractivity contribution in [3.63, 3.8) is 0 Å². The number of piperidine rings is 1. The lowest BCUT2D eigenvalue weighted by atomic mass is 10.1. The molecule has 1 rings (SSSR count). The van der Waals surface area contributed by atoms with E-state index in [0.29, 0.717) is 12.6 Å². The number of nitrogens with zero attached hydrogens (tertiary/aromatic N) is 1. The summed E-state index contributed by atoms with van der Waals surface area (Å²) >= 11 is 0. The zero-order chi connectivity index (χ0) is 11.1. The van der Waals surface area contributed by atoms with E-state index in [4.69, 9.17) is 4.74 Å². The zero-order valence-corrected chi connectivity index (χ0v) is 9.22. The van der Waals surface area contributed by atoms with Gasteiger partial charge in [-0.25, -0.2) is 8.78 Å². The minimum Gasteiger partial charge on any atom is -0.374 e. The van der Waals surface area contributed by atoms with Gasteiger partial charge in [0, 0.05) is 12.6 Å². The Morgan fingerprint density at radius 1 is 1.40 bits per heavy atom. The summed E-state index contributed by atoms with van der Waals surface area (Å²) < 4.78 is 28.4. The second-order valence-corrected chi connectivity index (χ2v) is 3.93. The quantitative estimate of drug-likeness (QED) is 0.677. The first-order valence-electron chi connectivity index (χ1n) is 5.47. The van der Waals surface area contributed by atoms with E-state index in [2.05, 4.69) is 10.2 Å². The van der Waals surface area contributed by atoms with Gasteiger partial charge < -0.3 is 15.0 Å². The van der Waals surface area contributed by atoms with E-state index < -0.39 is 13.0 Å². The Hall–Kier alpha value is -0.260. The van der Waals surface area contributed by atoms with Crippen LogP contribution in [0, 0.1) is 0 Å². The monoisotopic (exact) mass is 222 g/mol. The summed E-state index contributed by atoms with van der Waals surface area (Å²) in [5, 5.41) is 3.29. The highest BCUT2D eigenvalue weighted by molar-refractivity contribution is 4.75. The Labute approximate surface area is 89.8 Å². The molecular weight excluding hydrogens is 202 g/mol. The third kappa shape index (κ3) is 5.39. The van der Waals surface area contributed by atoms with Crippen LogP contribution >= 0.6 is 0 Å². The van der Waals surface area contributed by atoms with Crippen LogP contribution in [0.2, 0.25) is 0 Å². The summed E-state index contributed by atoms with van der Waals surface area (Å²) in [7, 11) is 2.03. The minimum absolute atomic E-state index is 0.394. The van der Waals surface area contributed by atoms with Crippen LogP contribution in [-0.2, 0) is 4.74 Å². The van der Waals surface area contributed by atoms with Crippen LogP contribution in [0.15, 0.2) is 0 Å². The fourth-order valence-corrected chi connectivity index (χ4v) is 1.81. The Balaban J connectivity index is 2.04. The average molecular weight is 222 g/mol. The van der Waals surface area contributed by atoms with Gasteiger partial charge in [-0.15, -0.1) is 0 Å². The number of nitrogens with one attached hydrogen (secondary N) is 1. The molecule has 3 nitrogen and oxygen atoms in total. The number of rotatable bonds is 6. The van der Waals surface area contributed by atoms with Gasteiger partial charge in [0.25, 0.3) is 6.43 Å². The van der Waals surface area contributed by atoms with Gasteiger partial charge in [-0.1, -0.05) is 0 Å². The van der Waals surface area contributed by atoms with Crippen molar-refractivity contribution in [1.82, 2.24) is 10.2 Å². The Bertz CT molecular complexity index is 164. The molecule has 5 heteroatoms. The Morgan fingerprint density at radius 2 is 2.07 bits per heavy atom. The molecule has 1 heterocycles. The molecule has 0 saturated carbocycles. The summed E-state index contributed by atoms with van der Waals surface area (Å²) in [4.78, 5) is 2.20. The van der Waals surface area contributed by atoms with Crippen LogP contribution in [0.25, 0.3) is 0 Å². The molecule has 15 heavy (non-hydrogen) atoms. The topological polar surface area (TPSA) is 24.5 Å². The smallest absolute Gasteiger partial charge is 0.261 e. The zero-order valence-electron chi connectivity index (χ0n) is 9.22. The van der Waals surface area contributed by atoms with E-state index in [0.717, 1.165) is 32.5 Å². The van der Waals surface area contributed by atoms with Gasteiger partial charge in [0.15, 0.2) is 0 Å². The fourth-order valence-electron chi connectivity index (χ4n) is 1.81. The summed E-state index contributed by atoms with van der Waals surface area (Å²) in [6.45, 7) is 2.78. The highest BCUT2D eigenvalue weighted by Crippen LogP contribution is 2.09. The molecule has 0 bridgehead atoms. The van der Waals surface area contributed by atoms with E-state index in [1.807, 2.05) is 7.05 Å². The molecule has 0 amide bonds. The first-order chi connectivity index (χ1) is 7.20. The van der Waals surface area contributed by atoms with Gasteiger partial charge in [-0.3, -0.25) is 0 Å². The van der Waals surface area contributed by atoms with Gasteiger partial charge in [-0.2, -0.15) is 0 Å². The predicted octanol–water partition coefficient (Wildman–Crippen LogP) is 0.952. The van der Waals surface area contributed by atoms with Crippen molar-refractivity contribution < 1.29 is 13.5 Å². The van der Waals surface area contributed by atoms with Gasteiger partial charge in [0.1, 0.15) is 6.61 Å². The summed E-state index contributed by atoms with van der Waals surface area (Å²) in [6, 6.07) is 0.571. The van der Waals surface area contributed by atoms with Crippen molar-refractivity contribution in [3.05, 3.63) is 0 Å². The number of alkyl halides is 2. The van der Waals surface area contributed by atoms with E-state index in [1.165, 1.54) is 0 Å². The van der Waals surface area contributed by atoms with Crippen molar-refractivity contribution >= 4 is 0 Å². The molecule has 0 atom stereocenters. The molecule has 0 aromatic heterocycles. The lowest BCUT2D eigenvalue weighted by Gasteiger charge is -2.31. The largest absolute Gasteiger partial charge is 0.374 e. The first-order valence-corrected chi connectivity index (χ1v) is 5.47. The number of likely N-dealkylation sites (N-methyl/N-ethyl adjacent to an activating group) is 1. The third-order valence-corrected chi connectivity index (χ3v) is 2.76. The van der Waals surface area contributed by atoms with Crippen LogP contribution in [0.3, 0.4) is 0 Å². The minimum atomic E-state index is -2.35. The average Bonchev–Trinajstić information content (AvgIpc) is 2.25. The van der Waals surface area contributed by atoms with Crippen molar-refractivity contribution in [2.75, 3.05) is 39.9 Å². The van der Waals surface area contributed by atoms with E-state index in [1.54, 1.807) is 0 Å². The maximum Gasteiger partial charge on any atom is 0.261 e. The number of ether oxygens (including phenoxy) is 1. The van der Waals surface area contributed by atoms with Crippen molar-refractivity contribution in [2.45, 2.75) is 25.3 Å². The highest BCUT2D eigenvalue weighted by atomic mass is 19.3. The number of hydrogen-bond acceptors (Lipinski definition) is 3. The summed E-state index contributed by atoms with van der Waals surface area (Å²) in [6.07, 6.45) is -0.0920. The first kappa shape index (κ1) is 12.8. The predicted molar refractivity (Wildman–Crippen MR) is 55.3 cm³/mol. The SMILES string of the molecule is CN(CCOCC(F)F)C1CCNCC1. The van der Waals surface area contributed by atoms with Crippen molar-refractivity contribution in [2.24, 2.45) is 0 Å². The third-order valence-electron chi connectivity index (χ3n) is 2.76. The summed E-state index contributed by atoms with van der Waals surface area (Å²) in [5.41, 5.74) is 0. The molecule has 1 fully saturated rings. The van der Waals surface area contributed by atoms with Gasteiger partial charge in [0.2, 0.25) is 0 Å². The number of halogens is 2. The lowest BCUT2D eigenvalue weighted by molar-refractivity contribution is 0.00749. The van der Waals surface area contributed by atoms with Crippen LogP contribution in [0.1, 0.15) is 12.8 Å². The normalized spacial score (nSPS) is 19.0. The lowest BCUT2D eigenvalue weighted by Crippen LogP contribution is -2.42. The summed E-state index contributed by atoms with van der Waals surface area (Å²) in [5.74, 6) is 0. The molecular formula is C10H20F2N2O. The molecule has 0 aromatic carbocycles. The molecule has 1 N–H and O–H groups in total. The van der Waals surface area contributed by atoms with E-state index in [-0.39, 0.29) is 0 Å². The maximum atomic E-state index is 11.8. The Morgan fingerprint density at radius 3 is 2.67 bits per heavy atom. The molecule has 1 aliphatic heterocycles. The second kappa shape index (κ2) is 7.09.